The summed E-state index contributed by atoms with van der Waals surface area (Å²) in [4.78, 5) is 4.88. The van der Waals surface area contributed by atoms with Crippen LogP contribution in [0.4, 0.5) is 0 Å². The molecule has 112 valence electrons. The van der Waals surface area contributed by atoms with Gasteiger partial charge >= 0.3 is 0 Å². The monoisotopic (exact) mass is 312 g/mol. The van der Waals surface area contributed by atoms with Crippen LogP contribution in [0.15, 0.2) is 42.7 Å². The summed E-state index contributed by atoms with van der Waals surface area (Å²) in [5.41, 5.74) is 4.12. The van der Waals surface area contributed by atoms with Crippen molar-refractivity contribution in [3.05, 3.63) is 53.4 Å². The van der Waals surface area contributed by atoms with Crippen molar-refractivity contribution in [3.63, 3.8) is 0 Å². The Kier molecular flexibility index (Phi) is 3.56. The predicted octanol–water partition coefficient (Wildman–Crippen LogP) is 3.52. The predicted molar refractivity (Wildman–Crippen MR) is 88.3 cm³/mol. The number of rotatable bonds is 2. The number of nitrogens with one attached hydrogen (secondary N) is 1. The summed E-state index contributed by atoms with van der Waals surface area (Å²) in [6.45, 7) is 2.12. The molecule has 0 aliphatic carbocycles. The van der Waals surface area contributed by atoms with Crippen molar-refractivity contribution >= 4 is 17.1 Å². The molecule has 1 aliphatic heterocycles. The maximum absolute atomic E-state index is 6.12. The van der Waals surface area contributed by atoms with E-state index in [4.69, 9.17) is 16.6 Å². The number of hydrogen-bond acceptors (Lipinski definition) is 3. The van der Waals surface area contributed by atoms with Crippen molar-refractivity contribution < 1.29 is 0 Å². The number of piperidine rings is 1. The van der Waals surface area contributed by atoms with E-state index in [1.54, 1.807) is 0 Å². The zero-order valence-electron chi connectivity index (χ0n) is 12.2. The third-order valence-corrected chi connectivity index (χ3v) is 4.48. The van der Waals surface area contributed by atoms with E-state index in [-0.39, 0.29) is 0 Å². The summed E-state index contributed by atoms with van der Waals surface area (Å²) < 4.78 is 1.83. The molecule has 4 nitrogen and oxygen atoms in total. The lowest BCUT2D eigenvalue weighted by Crippen LogP contribution is -2.28. The van der Waals surface area contributed by atoms with Crippen molar-refractivity contribution in [3.8, 4) is 11.3 Å². The molecular formula is C17H17ClN4. The largest absolute Gasteiger partial charge is 0.316 e. The van der Waals surface area contributed by atoms with E-state index < -0.39 is 0 Å². The highest BCUT2D eigenvalue weighted by Gasteiger charge is 2.17. The average molecular weight is 313 g/mol. The number of aromatic nitrogens is 3. The topological polar surface area (TPSA) is 42.2 Å². The van der Waals surface area contributed by atoms with Gasteiger partial charge in [-0.25, -0.2) is 4.52 Å². The molecule has 1 aliphatic rings. The molecule has 0 radical (unpaired) electrons. The van der Waals surface area contributed by atoms with Gasteiger partial charge in [0.1, 0.15) is 0 Å². The highest BCUT2D eigenvalue weighted by molar-refractivity contribution is 6.31. The number of pyridine rings is 2. The Hall–Kier alpha value is -1.91. The van der Waals surface area contributed by atoms with Crippen molar-refractivity contribution in [2.45, 2.75) is 18.8 Å². The molecule has 0 unspecified atom stereocenters. The van der Waals surface area contributed by atoms with Crippen molar-refractivity contribution in [1.82, 2.24) is 19.9 Å². The minimum absolute atomic E-state index is 0.499. The minimum atomic E-state index is 0.499. The molecule has 5 heteroatoms. The zero-order chi connectivity index (χ0) is 14.9. The van der Waals surface area contributed by atoms with Crippen LogP contribution in [0.25, 0.3) is 16.8 Å². The van der Waals surface area contributed by atoms with Crippen LogP contribution >= 0.6 is 11.6 Å². The molecule has 0 bridgehead atoms. The Morgan fingerprint density at radius 1 is 1.27 bits per heavy atom. The van der Waals surface area contributed by atoms with Gasteiger partial charge in [-0.05, 0) is 43.7 Å². The van der Waals surface area contributed by atoms with Crippen LogP contribution in [0.2, 0.25) is 5.02 Å². The molecule has 3 aromatic heterocycles. The first kappa shape index (κ1) is 13.7. The summed E-state index contributed by atoms with van der Waals surface area (Å²) in [5, 5.41) is 8.54. The Bertz CT molecular complexity index is 805. The number of halogens is 1. The van der Waals surface area contributed by atoms with Crippen LogP contribution in [0.5, 0.6) is 0 Å². The molecule has 3 aromatic rings. The van der Waals surface area contributed by atoms with Crippen molar-refractivity contribution in [2.75, 3.05) is 13.1 Å². The van der Waals surface area contributed by atoms with Crippen LogP contribution in [0.3, 0.4) is 0 Å². The van der Waals surface area contributed by atoms with Gasteiger partial charge in [-0.1, -0.05) is 17.7 Å². The Labute approximate surface area is 134 Å². The van der Waals surface area contributed by atoms with Crippen LogP contribution in [0, 0.1) is 0 Å². The molecule has 22 heavy (non-hydrogen) atoms. The van der Waals surface area contributed by atoms with E-state index in [0.29, 0.717) is 10.9 Å². The van der Waals surface area contributed by atoms with Gasteiger partial charge in [0.15, 0.2) is 0 Å². The van der Waals surface area contributed by atoms with E-state index in [0.717, 1.165) is 35.6 Å². The summed E-state index contributed by atoms with van der Waals surface area (Å²) in [7, 11) is 0. The van der Waals surface area contributed by atoms with Gasteiger partial charge in [0.05, 0.1) is 17.4 Å². The van der Waals surface area contributed by atoms with Gasteiger partial charge in [0.2, 0.25) is 0 Å². The minimum Gasteiger partial charge on any atom is -0.316 e. The first-order valence-electron chi connectivity index (χ1n) is 7.62. The van der Waals surface area contributed by atoms with E-state index >= 15 is 0 Å². The highest BCUT2D eigenvalue weighted by atomic mass is 35.5. The second-order valence-corrected chi connectivity index (χ2v) is 6.16. The average Bonchev–Trinajstić information content (AvgIpc) is 2.99. The number of fused-ring (bicyclic) bond motifs is 1. The van der Waals surface area contributed by atoms with Gasteiger partial charge in [-0.15, -0.1) is 0 Å². The SMILES string of the molecule is Clc1ccn2ncc(-c3cccc([C@H]4CCCNC4)n3)c2c1. The fourth-order valence-corrected chi connectivity index (χ4v) is 3.25. The third-order valence-electron chi connectivity index (χ3n) is 4.25. The first-order chi connectivity index (χ1) is 10.8. The Balaban J connectivity index is 1.76. The molecule has 4 rings (SSSR count). The van der Waals surface area contributed by atoms with Crippen molar-refractivity contribution in [2.24, 2.45) is 0 Å². The van der Waals surface area contributed by atoms with E-state index in [2.05, 4.69) is 22.5 Å². The van der Waals surface area contributed by atoms with Gasteiger partial charge in [-0.2, -0.15) is 5.10 Å². The Morgan fingerprint density at radius 3 is 3.09 bits per heavy atom. The number of hydrogen-bond donors (Lipinski definition) is 1. The van der Waals surface area contributed by atoms with Gasteiger partial charge in [-0.3, -0.25) is 4.98 Å². The molecule has 1 saturated heterocycles. The van der Waals surface area contributed by atoms with Crippen molar-refractivity contribution in [1.29, 1.82) is 0 Å². The van der Waals surface area contributed by atoms with Crippen LogP contribution in [-0.4, -0.2) is 27.7 Å². The van der Waals surface area contributed by atoms with Gasteiger partial charge in [0.25, 0.3) is 0 Å². The fourth-order valence-electron chi connectivity index (χ4n) is 3.09. The second-order valence-electron chi connectivity index (χ2n) is 5.72. The normalized spacial score (nSPS) is 18.7. The smallest absolute Gasteiger partial charge is 0.0770 e. The molecule has 0 spiro atoms. The summed E-state index contributed by atoms with van der Waals surface area (Å²) in [5.74, 6) is 0.499. The van der Waals surface area contributed by atoms with Crippen LogP contribution < -0.4 is 5.32 Å². The lowest BCUT2D eigenvalue weighted by Gasteiger charge is -2.22. The molecule has 0 saturated carbocycles. The molecular weight excluding hydrogens is 296 g/mol. The first-order valence-corrected chi connectivity index (χ1v) is 8.00. The van der Waals surface area contributed by atoms with Crippen LogP contribution in [-0.2, 0) is 0 Å². The quantitative estimate of drug-likeness (QED) is 0.787. The molecule has 0 aromatic carbocycles. The van der Waals surface area contributed by atoms with E-state index in [1.165, 1.54) is 12.8 Å². The molecule has 0 amide bonds. The lowest BCUT2D eigenvalue weighted by molar-refractivity contribution is 0.455. The lowest BCUT2D eigenvalue weighted by atomic mass is 9.95. The summed E-state index contributed by atoms with van der Waals surface area (Å²) in [6, 6.07) is 10.0. The van der Waals surface area contributed by atoms with E-state index in [1.807, 2.05) is 35.1 Å². The highest BCUT2D eigenvalue weighted by Crippen LogP contribution is 2.28. The van der Waals surface area contributed by atoms with Gasteiger partial charge < -0.3 is 5.32 Å². The van der Waals surface area contributed by atoms with Gasteiger partial charge in [0, 0.05) is 34.9 Å². The summed E-state index contributed by atoms with van der Waals surface area (Å²) >= 11 is 6.12. The fraction of sp³-hybridized carbons (Fsp3) is 0.294. The molecule has 4 heterocycles. The van der Waals surface area contributed by atoms with E-state index in [9.17, 15) is 0 Å². The third kappa shape index (κ3) is 2.49. The van der Waals surface area contributed by atoms with Crippen LogP contribution in [0.1, 0.15) is 24.5 Å². The maximum atomic E-state index is 6.12. The zero-order valence-corrected chi connectivity index (χ0v) is 12.9. The maximum Gasteiger partial charge on any atom is 0.0770 e. The Morgan fingerprint density at radius 2 is 2.23 bits per heavy atom. The summed E-state index contributed by atoms with van der Waals surface area (Å²) in [6.07, 6.45) is 6.14. The second kappa shape index (κ2) is 5.71. The standard InChI is InChI=1S/C17H17ClN4/c18-13-6-8-22-17(9-13)14(11-20-22)16-5-1-4-15(21-16)12-3-2-7-19-10-12/h1,4-6,8-9,11-12,19H,2-3,7,10H2/t12-/m0/s1. The number of nitrogens with zero attached hydrogens (tertiary/aromatic N) is 3. The molecule has 1 fully saturated rings. The molecule has 1 N–H and O–H groups in total. The molecule has 1 atom stereocenters.